The largest absolute Gasteiger partial charge is 0.371 e. The minimum atomic E-state index is 0. The lowest BCUT2D eigenvalue weighted by molar-refractivity contribution is -0.135. The molecule has 2 rings (SSSR count). The molecule has 0 bridgehead atoms. The van der Waals surface area contributed by atoms with E-state index in [1.54, 1.807) is 0 Å². The first-order chi connectivity index (χ1) is 7.13. The normalized spacial score (nSPS) is 30.7. The van der Waals surface area contributed by atoms with Crippen molar-refractivity contribution in [3.8, 4) is 0 Å². The van der Waals surface area contributed by atoms with Gasteiger partial charge in [-0.25, -0.2) is 0 Å². The molecule has 0 aromatic heterocycles. The van der Waals surface area contributed by atoms with Gasteiger partial charge in [-0.15, -0.1) is 12.4 Å². The van der Waals surface area contributed by atoms with E-state index in [0.717, 1.165) is 32.7 Å². The molecule has 2 saturated heterocycles. The topological polar surface area (TPSA) is 41.6 Å². The van der Waals surface area contributed by atoms with Crippen LogP contribution >= 0.6 is 12.4 Å². The van der Waals surface area contributed by atoms with Gasteiger partial charge in [-0.3, -0.25) is 4.79 Å². The summed E-state index contributed by atoms with van der Waals surface area (Å²) in [5.74, 6) is 0.133. The molecule has 2 aliphatic heterocycles. The van der Waals surface area contributed by atoms with Gasteiger partial charge in [0, 0.05) is 24.5 Å². The van der Waals surface area contributed by atoms with Crippen LogP contribution in [-0.4, -0.2) is 49.7 Å². The molecule has 16 heavy (non-hydrogen) atoms. The van der Waals surface area contributed by atoms with Crippen molar-refractivity contribution >= 4 is 18.3 Å². The summed E-state index contributed by atoms with van der Waals surface area (Å²) in [6, 6.07) is 0.275. The maximum Gasteiger partial charge on any atom is 0.248 e. The second kappa shape index (κ2) is 5.34. The van der Waals surface area contributed by atoms with Crippen LogP contribution in [0.25, 0.3) is 0 Å². The summed E-state index contributed by atoms with van der Waals surface area (Å²) >= 11 is 0. The Morgan fingerprint density at radius 1 is 1.50 bits per heavy atom. The van der Waals surface area contributed by atoms with Crippen LogP contribution in [-0.2, 0) is 9.53 Å². The molecule has 1 spiro atoms. The van der Waals surface area contributed by atoms with Gasteiger partial charge in [0.25, 0.3) is 0 Å². The smallest absolute Gasteiger partial charge is 0.248 e. The molecule has 5 heteroatoms. The van der Waals surface area contributed by atoms with Crippen LogP contribution in [0.5, 0.6) is 0 Å². The molecule has 94 valence electrons. The fraction of sp³-hybridized carbons (Fsp3) is 0.909. The zero-order valence-electron chi connectivity index (χ0n) is 9.99. The number of ether oxygens (including phenoxy) is 1. The maximum absolute atomic E-state index is 11.8. The van der Waals surface area contributed by atoms with Gasteiger partial charge in [0.15, 0.2) is 0 Å². The van der Waals surface area contributed by atoms with Crippen LogP contribution in [0.1, 0.15) is 20.3 Å². The highest BCUT2D eigenvalue weighted by Gasteiger charge is 2.40. The summed E-state index contributed by atoms with van der Waals surface area (Å²) in [7, 11) is 0. The first-order valence-corrected chi connectivity index (χ1v) is 5.71. The van der Waals surface area contributed by atoms with E-state index in [0.29, 0.717) is 0 Å². The molecule has 0 saturated carbocycles. The number of nitrogens with zero attached hydrogens (tertiary/aromatic N) is 1. The highest BCUT2D eigenvalue weighted by atomic mass is 35.5. The zero-order chi connectivity index (χ0) is 10.9. The van der Waals surface area contributed by atoms with Crippen LogP contribution in [0.15, 0.2) is 0 Å². The van der Waals surface area contributed by atoms with Crippen molar-refractivity contribution in [1.29, 1.82) is 0 Å². The number of hydrogen-bond acceptors (Lipinski definition) is 3. The van der Waals surface area contributed by atoms with E-state index < -0.39 is 0 Å². The number of carbonyl (C=O) groups is 1. The molecule has 0 aromatic rings. The quantitative estimate of drug-likeness (QED) is 0.741. The molecule has 1 N–H and O–H groups in total. The standard InChI is InChI=1S/C11H20N2O2.ClH/c1-9(2)13-7-11(3-4-12-6-11)8-15-5-10(13)14;/h9,12H,3-8H2,1-2H3;1H. The van der Waals surface area contributed by atoms with Crippen molar-refractivity contribution in [2.75, 3.05) is 32.8 Å². The average Bonchev–Trinajstić information content (AvgIpc) is 2.55. The average molecular weight is 249 g/mol. The summed E-state index contributed by atoms with van der Waals surface area (Å²) in [6.07, 6.45) is 1.11. The lowest BCUT2D eigenvalue weighted by atomic mass is 9.87. The molecular weight excluding hydrogens is 228 g/mol. The molecule has 0 aliphatic carbocycles. The van der Waals surface area contributed by atoms with Crippen molar-refractivity contribution in [2.24, 2.45) is 5.41 Å². The van der Waals surface area contributed by atoms with Gasteiger partial charge >= 0.3 is 0 Å². The highest BCUT2D eigenvalue weighted by molar-refractivity contribution is 5.85. The van der Waals surface area contributed by atoms with Crippen LogP contribution in [0.2, 0.25) is 0 Å². The number of amides is 1. The monoisotopic (exact) mass is 248 g/mol. The van der Waals surface area contributed by atoms with Crippen molar-refractivity contribution in [3.05, 3.63) is 0 Å². The molecule has 1 amide bonds. The zero-order valence-corrected chi connectivity index (χ0v) is 10.8. The van der Waals surface area contributed by atoms with Crippen LogP contribution in [0.4, 0.5) is 0 Å². The fourth-order valence-corrected chi connectivity index (χ4v) is 2.46. The molecule has 0 aromatic carbocycles. The van der Waals surface area contributed by atoms with E-state index in [2.05, 4.69) is 19.2 Å². The Kier molecular flexibility index (Phi) is 4.59. The Morgan fingerprint density at radius 2 is 2.25 bits per heavy atom. The third-order valence-electron chi connectivity index (χ3n) is 3.42. The van der Waals surface area contributed by atoms with Crippen LogP contribution in [0.3, 0.4) is 0 Å². The molecule has 0 radical (unpaired) electrons. The summed E-state index contributed by atoms with van der Waals surface area (Å²) in [5.41, 5.74) is 0.163. The molecule has 2 fully saturated rings. The number of carbonyl (C=O) groups excluding carboxylic acids is 1. The minimum Gasteiger partial charge on any atom is -0.371 e. The van der Waals surface area contributed by atoms with Gasteiger partial charge in [0.1, 0.15) is 6.61 Å². The summed E-state index contributed by atoms with van der Waals surface area (Å²) < 4.78 is 5.49. The van der Waals surface area contributed by atoms with Crippen molar-refractivity contribution < 1.29 is 9.53 Å². The van der Waals surface area contributed by atoms with E-state index >= 15 is 0 Å². The fourth-order valence-electron chi connectivity index (χ4n) is 2.46. The van der Waals surface area contributed by atoms with Gasteiger partial charge in [-0.1, -0.05) is 0 Å². The molecular formula is C11H21ClN2O2. The second-order valence-electron chi connectivity index (χ2n) is 5.03. The van der Waals surface area contributed by atoms with Crippen molar-refractivity contribution in [2.45, 2.75) is 26.3 Å². The van der Waals surface area contributed by atoms with Gasteiger partial charge in [-0.2, -0.15) is 0 Å². The van der Waals surface area contributed by atoms with Crippen LogP contribution < -0.4 is 5.32 Å². The third kappa shape index (κ3) is 2.67. The van der Waals surface area contributed by atoms with E-state index in [9.17, 15) is 4.79 Å². The maximum atomic E-state index is 11.8. The second-order valence-corrected chi connectivity index (χ2v) is 5.03. The number of hydrogen-bond donors (Lipinski definition) is 1. The predicted octanol–water partition coefficient (Wildman–Crippen LogP) is 0.655. The van der Waals surface area contributed by atoms with Gasteiger partial charge in [0.2, 0.25) is 5.91 Å². The summed E-state index contributed by atoms with van der Waals surface area (Å²) in [6.45, 7) is 7.97. The molecule has 1 unspecified atom stereocenters. The molecule has 2 heterocycles. The first-order valence-electron chi connectivity index (χ1n) is 5.71. The van der Waals surface area contributed by atoms with Gasteiger partial charge in [0.05, 0.1) is 6.61 Å². The van der Waals surface area contributed by atoms with E-state index in [-0.39, 0.29) is 36.4 Å². The van der Waals surface area contributed by atoms with Crippen molar-refractivity contribution in [3.63, 3.8) is 0 Å². The lowest BCUT2D eigenvalue weighted by Gasteiger charge is -2.33. The van der Waals surface area contributed by atoms with Crippen molar-refractivity contribution in [1.82, 2.24) is 10.2 Å². The lowest BCUT2D eigenvalue weighted by Crippen LogP contribution is -2.45. The number of rotatable bonds is 1. The number of nitrogens with one attached hydrogen (secondary N) is 1. The Morgan fingerprint density at radius 3 is 2.81 bits per heavy atom. The predicted molar refractivity (Wildman–Crippen MR) is 64.8 cm³/mol. The molecule has 4 nitrogen and oxygen atoms in total. The Balaban J connectivity index is 0.00000128. The highest BCUT2D eigenvalue weighted by Crippen LogP contribution is 2.29. The van der Waals surface area contributed by atoms with Gasteiger partial charge in [-0.05, 0) is 26.8 Å². The Labute approximate surface area is 103 Å². The van der Waals surface area contributed by atoms with E-state index in [1.807, 2.05) is 4.90 Å². The van der Waals surface area contributed by atoms with Gasteiger partial charge < -0.3 is 15.0 Å². The first kappa shape index (κ1) is 13.7. The SMILES string of the molecule is CC(C)N1CC2(CCNC2)COCC1=O.Cl. The van der Waals surface area contributed by atoms with Crippen LogP contribution in [0, 0.1) is 5.41 Å². The molecule has 1 atom stereocenters. The Bertz CT molecular complexity index is 252. The Hall–Kier alpha value is -0.320. The molecule has 2 aliphatic rings. The minimum absolute atomic E-state index is 0. The third-order valence-corrected chi connectivity index (χ3v) is 3.42. The summed E-state index contributed by atoms with van der Waals surface area (Å²) in [5, 5.41) is 3.37. The van der Waals surface area contributed by atoms with E-state index in [1.165, 1.54) is 0 Å². The van der Waals surface area contributed by atoms with E-state index in [4.69, 9.17) is 4.74 Å². The summed E-state index contributed by atoms with van der Waals surface area (Å²) in [4.78, 5) is 13.7. The number of halogens is 1.